The SMILES string of the molecule is CCNC(=O)C(C)NC(=O)c1cc2ccccc2cc1OCC. The predicted octanol–water partition coefficient (Wildman–Crippen LogP) is 2.49. The highest BCUT2D eigenvalue weighted by atomic mass is 16.5. The smallest absolute Gasteiger partial charge is 0.255 e. The minimum absolute atomic E-state index is 0.209. The second kappa shape index (κ2) is 7.63. The number of hydrogen-bond donors (Lipinski definition) is 2. The number of likely N-dealkylation sites (N-methyl/N-ethyl adjacent to an activating group) is 1. The Hall–Kier alpha value is -2.56. The van der Waals surface area contributed by atoms with Gasteiger partial charge in [-0.05, 0) is 43.7 Å². The van der Waals surface area contributed by atoms with Gasteiger partial charge >= 0.3 is 0 Å². The van der Waals surface area contributed by atoms with Crippen molar-refractivity contribution in [3.63, 3.8) is 0 Å². The third-order valence-electron chi connectivity index (χ3n) is 3.48. The van der Waals surface area contributed by atoms with Crippen LogP contribution in [0.1, 0.15) is 31.1 Å². The topological polar surface area (TPSA) is 67.4 Å². The fourth-order valence-electron chi connectivity index (χ4n) is 2.34. The van der Waals surface area contributed by atoms with E-state index in [1.165, 1.54) is 0 Å². The molecule has 0 radical (unpaired) electrons. The van der Waals surface area contributed by atoms with Gasteiger partial charge in [0.2, 0.25) is 5.91 Å². The van der Waals surface area contributed by atoms with Crippen LogP contribution in [0.4, 0.5) is 0 Å². The van der Waals surface area contributed by atoms with Crippen LogP contribution in [-0.4, -0.2) is 31.0 Å². The Morgan fingerprint density at radius 1 is 1.13 bits per heavy atom. The molecule has 0 aromatic heterocycles. The molecule has 0 saturated heterocycles. The number of amides is 2. The minimum atomic E-state index is -0.608. The van der Waals surface area contributed by atoms with Crippen LogP contribution in [-0.2, 0) is 4.79 Å². The first-order chi connectivity index (χ1) is 11.1. The Labute approximate surface area is 136 Å². The standard InChI is InChI=1S/C18H22N2O3/c1-4-19-17(21)12(3)20-18(22)15-10-13-8-6-7-9-14(13)11-16(15)23-5-2/h6-12H,4-5H2,1-3H3,(H,19,21)(H,20,22). The number of benzene rings is 2. The van der Waals surface area contributed by atoms with E-state index in [0.717, 1.165) is 10.8 Å². The maximum Gasteiger partial charge on any atom is 0.255 e. The van der Waals surface area contributed by atoms with Crippen molar-refractivity contribution in [1.82, 2.24) is 10.6 Å². The summed E-state index contributed by atoms with van der Waals surface area (Å²) in [6, 6.07) is 10.8. The molecular formula is C18H22N2O3. The van der Waals surface area contributed by atoms with E-state index in [4.69, 9.17) is 4.74 Å². The van der Waals surface area contributed by atoms with Crippen molar-refractivity contribution in [2.45, 2.75) is 26.8 Å². The van der Waals surface area contributed by atoms with Crippen molar-refractivity contribution < 1.29 is 14.3 Å². The minimum Gasteiger partial charge on any atom is -0.493 e. The largest absolute Gasteiger partial charge is 0.493 e. The molecule has 122 valence electrons. The van der Waals surface area contributed by atoms with Gasteiger partial charge in [0.25, 0.3) is 5.91 Å². The van der Waals surface area contributed by atoms with Gasteiger partial charge in [-0.15, -0.1) is 0 Å². The summed E-state index contributed by atoms with van der Waals surface area (Å²) in [5.41, 5.74) is 0.432. The molecule has 23 heavy (non-hydrogen) atoms. The Morgan fingerprint density at radius 3 is 2.39 bits per heavy atom. The summed E-state index contributed by atoms with van der Waals surface area (Å²) in [5.74, 6) is -0.00986. The van der Waals surface area contributed by atoms with E-state index in [1.54, 1.807) is 13.0 Å². The van der Waals surface area contributed by atoms with E-state index in [1.807, 2.05) is 44.2 Å². The van der Waals surface area contributed by atoms with Gasteiger partial charge in [-0.1, -0.05) is 24.3 Å². The van der Waals surface area contributed by atoms with Crippen molar-refractivity contribution >= 4 is 22.6 Å². The number of carbonyl (C=O) groups excluding carboxylic acids is 2. The van der Waals surface area contributed by atoms with Gasteiger partial charge in [0.05, 0.1) is 12.2 Å². The molecule has 0 saturated carbocycles. The molecule has 2 N–H and O–H groups in total. The van der Waals surface area contributed by atoms with Crippen molar-refractivity contribution in [1.29, 1.82) is 0 Å². The fourth-order valence-corrected chi connectivity index (χ4v) is 2.34. The van der Waals surface area contributed by atoms with Crippen molar-refractivity contribution in [2.24, 2.45) is 0 Å². The number of fused-ring (bicyclic) bond motifs is 1. The van der Waals surface area contributed by atoms with Gasteiger partial charge < -0.3 is 15.4 Å². The van der Waals surface area contributed by atoms with Gasteiger partial charge in [0, 0.05) is 6.54 Å². The third kappa shape index (κ3) is 4.00. The third-order valence-corrected chi connectivity index (χ3v) is 3.48. The summed E-state index contributed by atoms with van der Waals surface area (Å²) < 4.78 is 5.59. The first-order valence-electron chi connectivity index (χ1n) is 7.81. The van der Waals surface area contributed by atoms with E-state index < -0.39 is 6.04 Å². The lowest BCUT2D eigenvalue weighted by Crippen LogP contribution is -2.44. The lowest BCUT2D eigenvalue weighted by molar-refractivity contribution is -0.122. The Morgan fingerprint density at radius 2 is 1.78 bits per heavy atom. The van der Waals surface area contributed by atoms with Gasteiger partial charge in [-0.25, -0.2) is 0 Å². The van der Waals surface area contributed by atoms with Crippen LogP contribution in [0.5, 0.6) is 5.75 Å². The highest BCUT2D eigenvalue weighted by Crippen LogP contribution is 2.26. The van der Waals surface area contributed by atoms with Crippen molar-refractivity contribution in [3.8, 4) is 5.75 Å². The average molecular weight is 314 g/mol. The molecule has 0 aliphatic heterocycles. The number of nitrogens with one attached hydrogen (secondary N) is 2. The summed E-state index contributed by atoms with van der Waals surface area (Å²) in [4.78, 5) is 24.3. The highest BCUT2D eigenvalue weighted by molar-refractivity contribution is 6.03. The molecule has 0 heterocycles. The molecule has 1 unspecified atom stereocenters. The zero-order valence-electron chi connectivity index (χ0n) is 13.7. The zero-order valence-corrected chi connectivity index (χ0v) is 13.7. The molecule has 2 aromatic carbocycles. The Balaban J connectivity index is 2.30. The summed E-state index contributed by atoms with van der Waals surface area (Å²) in [6.45, 7) is 6.35. The van der Waals surface area contributed by atoms with Gasteiger partial charge in [0.15, 0.2) is 0 Å². The monoisotopic (exact) mass is 314 g/mol. The highest BCUT2D eigenvalue weighted by Gasteiger charge is 2.19. The van der Waals surface area contributed by atoms with Gasteiger partial charge in [-0.2, -0.15) is 0 Å². The molecule has 5 nitrogen and oxygen atoms in total. The molecular weight excluding hydrogens is 292 g/mol. The molecule has 0 aliphatic carbocycles. The van der Waals surface area contributed by atoms with E-state index in [9.17, 15) is 9.59 Å². The van der Waals surface area contributed by atoms with Crippen LogP contribution in [0.3, 0.4) is 0 Å². The van der Waals surface area contributed by atoms with E-state index >= 15 is 0 Å². The lowest BCUT2D eigenvalue weighted by atomic mass is 10.0. The average Bonchev–Trinajstić information content (AvgIpc) is 2.54. The van der Waals surface area contributed by atoms with Gasteiger partial charge in [0.1, 0.15) is 11.8 Å². The van der Waals surface area contributed by atoms with E-state index in [0.29, 0.717) is 24.5 Å². The first-order valence-corrected chi connectivity index (χ1v) is 7.81. The Kier molecular flexibility index (Phi) is 5.57. The summed E-state index contributed by atoms with van der Waals surface area (Å²) >= 11 is 0. The zero-order chi connectivity index (χ0) is 16.8. The fraction of sp³-hybridized carbons (Fsp3) is 0.333. The number of carbonyl (C=O) groups is 2. The van der Waals surface area contributed by atoms with Crippen LogP contribution in [0.15, 0.2) is 36.4 Å². The predicted molar refractivity (Wildman–Crippen MR) is 90.7 cm³/mol. The number of ether oxygens (including phenoxy) is 1. The van der Waals surface area contributed by atoms with E-state index in [-0.39, 0.29) is 11.8 Å². The summed E-state index contributed by atoms with van der Waals surface area (Å²) in [7, 11) is 0. The number of rotatable bonds is 6. The van der Waals surface area contributed by atoms with Crippen LogP contribution in [0, 0.1) is 0 Å². The van der Waals surface area contributed by atoms with Gasteiger partial charge in [-0.3, -0.25) is 9.59 Å². The lowest BCUT2D eigenvalue weighted by Gasteiger charge is -2.16. The maximum absolute atomic E-state index is 12.5. The van der Waals surface area contributed by atoms with Crippen molar-refractivity contribution in [2.75, 3.05) is 13.2 Å². The molecule has 0 bridgehead atoms. The quantitative estimate of drug-likeness (QED) is 0.861. The van der Waals surface area contributed by atoms with Crippen LogP contribution in [0.2, 0.25) is 0 Å². The molecule has 2 rings (SSSR count). The molecule has 0 fully saturated rings. The van der Waals surface area contributed by atoms with E-state index in [2.05, 4.69) is 10.6 Å². The second-order valence-electron chi connectivity index (χ2n) is 5.22. The van der Waals surface area contributed by atoms with Crippen LogP contribution >= 0.6 is 0 Å². The summed E-state index contributed by atoms with van der Waals surface area (Å²) in [6.07, 6.45) is 0. The molecule has 1 atom stereocenters. The second-order valence-corrected chi connectivity index (χ2v) is 5.22. The first kappa shape index (κ1) is 16.8. The summed E-state index contributed by atoms with van der Waals surface area (Å²) in [5, 5.41) is 7.35. The molecule has 0 aliphatic rings. The Bertz CT molecular complexity index is 712. The van der Waals surface area contributed by atoms with Crippen LogP contribution in [0.25, 0.3) is 10.8 Å². The maximum atomic E-state index is 12.5. The van der Waals surface area contributed by atoms with Crippen molar-refractivity contribution in [3.05, 3.63) is 42.0 Å². The van der Waals surface area contributed by atoms with Crippen LogP contribution < -0.4 is 15.4 Å². The normalized spacial score (nSPS) is 11.8. The number of hydrogen-bond acceptors (Lipinski definition) is 3. The molecule has 2 amide bonds. The molecule has 2 aromatic rings. The molecule has 5 heteroatoms. The molecule has 0 spiro atoms.